The minimum Gasteiger partial charge on any atom is -0.507 e. The van der Waals surface area contributed by atoms with Crippen LogP contribution in [0, 0.1) is 0 Å². The van der Waals surface area contributed by atoms with E-state index in [1.807, 2.05) is 24.4 Å². The van der Waals surface area contributed by atoms with Crippen molar-refractivity contribution in [3.8, 4) is 5.75 Å². The first kappa shape index (κ1) is 15.2. The maximum atomic E-state index is 12.1. The largest absolute Gasteiger partial charge is 0.507 e. The van der Waals surface area contributed by atoms with E-state index in [2.05, 4.69) is 21.9 Å². The molecule has 0 bridgehead atoms. The summed E-state index contributed by atoms with van der Waals surface area (Å²) in [5, 5.41) is 9.70. The van der Waals surface area contributed by atoms with Gasteiger partial charge >= 0.3 is 0 Å². The smallest absolute Gasteiger partial charge is 0.190 e. The van der Waals surface area contributed by atoms with Gasteiger partial charge in [0.2, 0.25) is 0 Å². The van der Waals surface area contributed by atoms with E-state index in [0.717, 1.165) is 26.2 Å². The molecule has 1 N–H and O–H groups in total. The Labute approximate surface area is 136 Å². The third-order valence-electron chi connectivity index (χ3n) is 4.04. The standard InChI is InChI=1S/C19H20N2O2/c22-18-9-5-4-8-17(18)19(23)10-11-20-12-14-21(15-13-20)16-6-2-1-3-7-16/h1-11,22H,12-15H2. The Morgan fingerprint density at radius 3 is 2.26 bits per heavy atom. The van der Waals surface area contributed by atoms with Gasteiger partial charge in [-0.25, -0.2) is 0 Å². The van der Waals surface area contributed by atoms with Crippen LogP contribution in [0.25, 0.3) is 0 Å². The molecule has 0 atom stereocenters. The topological polar surface area (TPSA) is 43.8 Å². The molecule has 0 saturated carbocycles. The maximum Gasteiger partial charge on any atom is 0.190 e. The Kier molecular flexibility index (Phi) is 4.62. The number of anilines is 1. The van der Waals surface area contributed by atoms with E-state index in [1.165, 1.54) is 17.8 Å². The second kappa shape index (κ2) is 7.01. The van der Waals surface area contributed by atoms with Crippen molar-refractivity contribution >= 4 is 11.5 Å². The Morgan fingerprint density at radius 2 is 1.57 bits per heavy atom. The van der Waals surface area contributed by atoms with Crippen molar-refractivity contribution in [1.29, 1.82) is 0 Å². The third kappa shape index (κ3) is 3.72. The fourth-order valence-corrected chi connectivity index (χ4v) is 2.71. The van der Waals surface area contributed by atoms with Gasteiger partial charge in [-0.1, -0.05) is 30.3 Å². The van der Waals surface area contributed by atoms with Crippen LogP contribution < -0.4 is 4.90 Å². The van der Waals surface area contributed by atoms with E-state index < -0.39 is 0 Å². The molecular weight excluding hydrogens is 288 g/mol. The number of carbonyl (C=O) groups is 1. The molecule has 23 heavy (non-hydrogen) atoms. The Hall–Kier alpha value is -2.75. The summed E-state index contributed by atoms with van der Waals surface area (Å²) in [7, 11) is 0. The number of carbonyl (C=O) groups excluding carboxylic acids is 1. The van der Waals surface area contributed by atoms with E-state index in [-0.39, 0.29) is 11.5 Å². The maximum absolute atomic E-state index is 12.1. The monoisotopic (exact) mass is 308 g/mol. The molecule has 0 unspecified atom stereocenters. The minimum absolute atomic E-state index is 0.0241. The number of piperazine rings is 1. The highest BCUT2D eigenvalue weighted by Crippen LogP contribution is 2.18. The number of nitrogens with zero attached hydrogens (tertiary/aromatic N) is 2. The molecule has 1 heterocycles. The zero-order valence-electron chi connectivity index (χ0n) is 12.9. The van der Waals surface area contributed by atoms with Gasteiger partial charge < -0.3 is 14.9 Å². The van der Waals surface area contributed by atoms with Gasteiger partial charge in [0.05, 0.1) is 5.56 Å². The van der Waals surface area contributed by atoms with Crippen LogP contribution in [0.4, 0.5) is 5.69 Å². The summed E-state index contributed by atoms with van der Waals surface area (Å²) in [4.78, 5) is 16.6. The highest BCUT2D eigenvalue weighted by Gasteiger charge is 2.15. The van der Waals surface area contributed by atoms with Crippen LogP contribution >= 0.6 is 0 Å². The Morgan fingerprint density at radius 1 is 0.913 bits per heavy atom. The van der Waals surface area contributed by atoms with Crippen LogP contribution in [0.2, 0.25) is 0 Å². The molecule has 3 rings (SSSR count). The van der Waals surface area contributed by atoms with Crippen molar-refractivity contribution in [2.24, 2.45) is 0 Å². The number of phenolic OH excluding ortho intramolecular Hbond substituents is 1. The molecule has 1 aliphatic rings. The second-order valence-corrected chi connectivity index (χ2v) is 5.56. The molecule has 0 aromatic heterocycles. The van der Waals surface area contributed by atoms with Crippen molar-refractivity contribution < 1.29 is 9.90 Å². The van der Waals surface area contributed by atoms with Gasteiger partial charge in [-0.05, 0) is 24.3 Å². The van der Waals surface area contributed by atoms with Crippen molar-refractivity contribution in [2.45, 2.75) is 0 Å². The zero-order chi connectivity index (χ0) is 16.1. The molecule has 1 fully saturated rings. The first-order valence-corrected chi connectivity index (χ1v) is 7.78. The van der Waals surface area contributed by atoms with Crippen molar-refractivity contribution in [1.82, 2.24) is 4.90 Å². The molecule has 0 aliphatic carbocycles. The van der Waals surface area contributed by atoms with Gasteiger partial charge in [0.25, 0.3) is 0 Å². The summed E-state index contributed by atoms with van der Waals surface area (Å²) in [5.74, 6) is -0.148. The van der Waals surface area contributed by atoms with Crippen LogP contribution in [0.3, 0.4) is 0 Å². The molecule has 4 nitrogen and oxygen atoms in total. The molecule has 2 aromatic carbocycles. The highest BCUT2D eigenvalue weighted by molar-refractivity contribution is 6.06. The molecule has 0 spiro atoms. The van der Waals surface area contributed by atoms with E-state index in [4.69, 9.17) is 0 Å². The number of benzene rings is 2. The summed E-state index contributed by atoms with van der Waals surface area (Å²) in [6.45, 7) is 3.61. The summed E-state index contributed by atoms with van der Waals surface area (Å²) < 4.78 is 0. The van der Waals surface area contributed by atoms with Crippen LogP contribution in [-0.4, -0.2) is 42.0 Å². The lowest BCUT2D eigenvalue weighted by molar-refractivity contribution is 0.104. The predicted molar refractivity (Wildman–Crippen MR) is 91.8 cm³/mol. The van der Waals surface area contributed by atoms with Crippen LogP contribution in [0.5, 0.6) is 5.75 Å². The summed E-state index contributed by atoms with van der Waals surface area (Å²) in [6, 6.07) is 17.0. The van der Waals surface area contributed by atoms with Crippen molar-refractivity contribution in [2.75, 3.05) is 31.1 Å². The van der Waals surface area contributed by atoms with Crippen LogP contribution in [0.1, 0.15) is 10.4 Å². The number of hydrogen-bond acceptors (Lipinski definition) is 4. The van der Waals surface area contributed by atoms with E-state index in [1.54, 1.807) is 18.2 Å². The van der Waals surface area contributed by atoms with Crippen LogP contribution in [-0.2, 0) is 0 Å². The van der Waals surface area contributed by atoms with Gasteiger partial charge in [0.15, 0.2) is 5.78 Å². The van der Waals surface area contributed by atoms with Gasteiger partial charge in [-0.15, -0.1) is 0 Å². The van der Waals surface area contributed by atoms with Crippen molar-refractivity contribution in [3.63, 3.8) is 0 Å². The molecule has 0 radical (unpaired) electrons. The average molecular weight is 308 g/mol. The van der Waals surface area contributed by atoms with E-state index >= 15 is 0 Å². The minimum atomic E-state index is -0.173. The fraction of sp³-hybridized carbons (Fsp3) is 0.211. The molecule has 4 heteroatoms. The molecule has 0 amide bonds. The number of hydrogen-bond donors (Lipinski definition) is 1. The molecule has 118 valence electrons. The summed E-state index contributed by atoms with van der Waals surface area (Å²) >= 11 is 0. The number of rotatable bonds is 4. The fourth-order valence-electron chi connectivity index (χ4n) is 2.71. The molecule has 1 saturated heterocycles. The zero-order valence-corrected chi connectivity index (χ0v) is 12.9. The first-order valence-electron chi connectivity index (χ1n) is 7.78. The lowest BCUT2D eigenvalue weighted by Crippen LogP contribution is -2.44. The van der Waals surface area contributed by atoms with Crippen molar-refractivity contribution in [3.05, 3.63) is 72.4 Å². The van der Waals surface area contributed by atoms with Crippen LogP contribution in [0.15, 0.2) is 66.9 Å². The molecule has 1 aliphatic heterocycles. The number of phenols is 1. The Bertz CT molecular complexity index is 690. The molecular formula is C19H20N2O2. The number of para-hydroxylation sites is 2. The lowest BCUT2D eigenvalue weighted by Gasteiger charge is -2.35. The predicted octanol–water partition coefficient (Wildman–Crippen LogP) is 2.91. The van der Waals surface area contributed by atoms with Gasteiger partial charge in [-0.2, -0.15) is 0 Å². The SMILES string of the molecule is O=C(C=CN1CCN(c2ccccc2)CC1)c1ccccc1O. The summed E-state index contributed by atoms with van der Waals surface area (Å²) in [6.07, 6.45) is 3.37. The lowest BCUT2D eigenvalue weighted by atomic mass is 10.1. The number of aromatic hydroxyl groups is 1. The summed E-state index contributed by atoms with van der Waals surface area (Å²) in [5.41, 5.74) is 1.58. The third-order valence-corrected chi connectivity index (χ3v) is 4.04. The number of ketones is 1. The highest BCUT2D eigenvalue weighted by atomic mass is 16.3. The first-order chi connectivity index (χ1) is 11.2. The van der Waals surface area contributed by atoms with Gasteiger partial charge in [-0.3, -0.25) is 4.79 Å². The molecule has 2 aromatic rings. The van der Waals surface area contributed by atoms with E-state index in [9.17, 15) is 9.90 Å². The second-order valence-electron chi connectivity index (χ2n) is 5.56. The Balaban J connectivity index is 1.56. The average Bonchev–Trinajstić information content (AvgIpc) is 2.61. The number of allylic oxidation sites excluding steroid dienone is 1. The normalized spacial score (nSPS) is 15.1. The quantitative estimate of drug-likeness (QED) is 0.697. The van der Waals surface area contributed by atoms with Gasteiger partial charge in [0.1, 0.15) is 5.75 Å². The van der Waals surface area contributed by atoms with E-state index in [0.29, 0.717) is 5.56 Å². The van der Waals surface area contributed by atoms with Gasteiger partial charge in [0, 0.05) is 44.1 Å².